The normalized spacial score (nSPS) is 12.7. The van der Waals surface area contributed by atoms with Crippen molar-refractivity contribution in [2.24, 2.45) is 12.8 Å². The summed E-state index contributed by atoms with van der Waals surface area (Å²) < 4.78 is 1.81. The molecule has 1 aromatic heterocycles. The predicted molar refractivity (Wildman–Crippen MR) is 77.8 cm³/mol. The molecule has 2 aromatic carbocycles. The van der Waals surface area contributed by atoms with Crippen LogP contribution in [0.25, 0.3) is 10.8 Å². The van der Waals surface area contributed by atoms with Crippen molar-refractivity contribution in [2.45, 2.75) is 12.5 Å². The number of fused-ring (bicyclic) bond motifs is 1. The predicted octanol–water partition coefficient (Wildman–Crippen LogP) is 2.82. The SMILES string of the molecule is Cn1cc(CC(N)c2ccc3ccccc3c2)cn1. The number of aromatic nitrogens is 2. The summed E-state index contributed by atoms with van der Waals surface area (Å²) in [6.07, 6.45) is 4.70. The van der Waals surface area contributed by atoms with E-state index in [1.807, 2.05) is 24.1 Å². The van der Waals surface area contributed by atoms with E-state index in [2.05, 4.69) is 47.6 Å². The van der Waals surface area contributed by atoms with Crippen LogP contribution in [0.3, 0.4) is 0 Å². The lowest BCUT2D eigenvalue weighted by Crippen LogP contribution is -2.12. The summed E-state index contributed by atoms with van der Waals surface area (Å²) in [6, 6.07) is 14.8. The molecule has 0 saturated carbocycles. The Labute approximate surface area is 112 Å². The average Bonchev–Trinajstić information content (AvgIpc) is 2.83. The molecule has 0 aliphatic carbocycles. The van der Waals surface area contributed by atoms with Crippen molar-refractivity contribution in [3.8, 4) is 0 Å². The quantitative estimate of drug-likeness (QED) is 0.778. The molecule has 19 heavy (non-hydrogen) atoms. The molecule has 3 nitrogen and oxygen atoms in total. The molecule has 1 unspecified atom stereocenters. The van der Waals surface area contributed by atoms with Gasteiger partial charge in [-0.3, -0.25) is 4.68 Å². The second kappa shape index (κ2) is 4.86. The van der Waals surface area contributed by atoms with Crippen molar-refractivity contribution in [1.29, 1.82) is 0 Å². The highest BCUT2D eigenvalue weighted by Crippen LogP contribution is 2.21. The van der Waals surface area contributed by atoms with Gasteiger partial charge in [0, 0.05) is 19.3 Å². The third kappa shape index (κ3) is 2.51. The molecule has 3 heteroatoms. The fraction of sp³-hybridized carbons (Fsp3) is 0.188. The van der Waals surface area contributed by atoms with Crippen LogP contribution in [0, 0.1) is 0 Å². The molecule has 96 valence electrons. The van der Waals surface area contributed by atoms with Gasteiger partial charge in [-0.05, 0) is 34.4 Å². The maximum Gasteiger partial charge on any atom is 0.0522 e. The molecule has 0 amide bonds. The molecule has 0 aliphatic heterocycles. The second-order valence-electron chi connectivity index (χ2n) is 4.94. The molecule has 0 fully saturated rings. The third-order valence-corrected chi connectivity index (χ3v) is 3.42. The maximum absolute atomic E-state index is 6.29. The van der Waals surface area contributed by atoms with Gasteiger partial charge < -0.3 is 5.73 Å². The maximum atomic E-state index is 6.29. The van der Waals surface area contributed by atoms with Crippen LogP contribution < -0.4 is 5.73 Å². The van der Waals surface area contributed by atoms with Gasteiger partial charge in [0.2, 0.25) is 0 Å². The molecule has 3 aromatic rings. The molecule has 1 atom stereocenters. The monoisotopic (exact) mass is 251 g/mol. The molecule has 0 bridgehead atoms. The zero-order valence-electron chi connectivity index (χ0n) is 11.0. The fourth-order valence-corrected chi connectivity index (χ4v) is 2.39. The fourth-order valence-electron chi connectivity index (χ4n) is 2.39. The number of hydrogen-bond donors (Lipinski definition) is 1. The van der Waals surface area contributed by atoms with Crippen LogP contribution in [0.2, 0.25) is 0 Å². The average molecular weight is 251 g/mol. The topological polar surface area (TPSA) is 43.8 Å². The van der Waals surface area contributed by atoms with E-state index in [0.717, 1.165) is 6.42 Å². The zero-order chi connectivity index (χ0) is 13.2. The summed E-state index contributed by atoms with van der Waals surface area (Å²) in [5.74, 6) is 0. The Morgan fingerprint density at radius 3 is 2.68 bits per heavy atom. The van der Waals surface area contributed by atoms with E-state index in [1.54, 1.807) is 0 Å². The Morgan fingerprint density at radius 2 is 1.95 bits per heavy atom. The Morgan fingerprint density at radius 1 is 1.16 bits per heavy atom. The van der Waals surface area contributed by atoms with Crippen LogP contribution >= 0.6 is 0 Å². The minimum Gasteiger partial charge on any atom is -0.324 e. The lowest BCUT2D eigenvalue weighted by molar-refractivity contribution is 0.720. The van der Waals surface area contributed by atoms with Crippen molar-refractivity contribution in [2.75, 3.05) is 0 Å². The highest BCUT2D eigenvalue weighted by atomic mass is 15.2. The Balaban J connectivity index is 1.86. The number of benzene rings is 2. The van der Waals surface area contributed by atoms with Crippen LogP contribution in [0.1, 0.15) is 17.2 Å². The van der Waals surface area contributed by atoms with Crippen LogP contribution in [0.15, 0.2) is 54.9 Å². The summed E-state index contributed by atoms with van der Waals surface area (Å²) in [6.45, 7) is 0. The molecular weight excluding hydrogens is 234 g/mol. The van der Waals surface area contributed by atoms with Gasteiger partial charge in [-0.15, -0.1) is 0 Å². The number of hydrogen-bond acceptors (Lipinski definition) is 2. The molecule has 0 saturated heterocycles. The Kier molecular flexibility index (Phi) is 3.05. The molecule has 0 spiro atoms. The van der Waals surface area contributed by atoms with E-state index in [4.69, 9.17) is 5.73 Å². The van der Waals surface area contributed by atoms with Crippen LogP contribution in [0.5, 0.6) is 0 Å². The first-order valence-corrected chi connectivity index (χ1v) is 6.44. The van der Waals surface area contributed by atoms with Crippen LogP contribution in [-0.2, 0) is 13.5 Å². The van der Waals surface area contributed by atoms with Crippen LogP contribution in [-0.4, -0.2) is 9.78 Å². The van der Waals surface area contributed by atoms with Crippen molar-refractivity contribution >= 4 is 10.8 Å². The lowest BCUT2D eigenvalue weighted by Gasteiger charge is -2.11. The molecule has 1 heterocycles. The van der Waals surface area contributed by atoms with Gasteiger partial charge in [0.05, 0.1) is 6.20 Å². The molecular formula is C16H17N3. The number of aryl methyl sites for hydroxylation is 1. The van der Waals surface area contributed by atoms with E-state index in [1.165, 1.54) is 21.9 Å². The third-order valence-electron chi connectivity index (χ3n) is 3.42. The minimum absolute atomic E-state index is 0.00815. The number of rotatable bonds is 3. The second-order valence-corrected chi connectivity index (χ2v) is 4.94. The van der Waals surface area contributed by atoms with Crippen molar-refractivity contribution in [1.82, 2.24) is 9.78 Å². The minimum atomic E-state index is 0.00815. The van der Waals surface area contributed by atoms with E-state index >= 15 is 0 Å². The summed E-state index contributed by atoms with van der Waals surface area (Å²) >= 11 is 0. The highest BCUT2D eigenvalue weighted by molar-refractivity contribution is 5.83. The van der Waals surface area contributed by atoms with Crippen LogP contribution in [0.4, 0.5) is 0 Å². The van der Waals surface area contributed by atoms with Gasteiger partial charge in [0.25, 0.3) is 0 Å². The Hall–Kier alpha value is -2.13. The van der Waals surface area contributed by atoms with Gasteiger partial charge >= 0.3 is 0 Å². The summed E-state index contributed by atoms with van der Waals surface area (Å²) in [5, 5.41) is 6.66. The van der Waals surface area contributed by atoms with Gasteiger partial charge in [-0.25, -0.2) is 0 Å². The van der Waals surface area contributed by atoms with Gasteiger partial charge in [-0.1, -0.05) is 36.4 Å². The first kappa shape index (κ1) is 11.9. The van der Waals surface area contributed by atoms with Gasteiger partial charge in [0.1, 0.15) is 0 Å². The van der Waals surface area contributed by atoms with E-state index in [-0.39, 0.29) is 6.04 Å². The van der Waals surface area contributed by atoms with Gasteiger partial charge in [0.15, 0.2) is 0 Å². The standard InChI is InChI=1S/C16H17N3/c1-19-11-12(10-18-19)8-16(17)15-7-6-13-4-2-3-5-14(13)9-15/h2-7,9-11,16H,8,17H2,1H3. The molecule has 0 aliphatic rings. The summed E-state index contributed by atoms with van der Waals surface area (Å²) in [5.41, 5.74) is 8.63. The van der Waals surface area contributed by atoms with Gasteiger partial charge in [-0.2, -0.15) is 5.10 Å². The number of nitrogens with two attached hydrogens (primary N) is 1. The molecule has 2 N–H and O–H groups in total. The summed E-state index contributed by atoms with van der Waals surface area (Å²) in [7, 11) is 1.92. The summed E-state index contributed by atoms with van der Waals surface area (Å²) in [4.78, 5) is 0. The largest absolute Gasteiger partial charge is 0.324 e. The first-order valence-electron chi connectivity index (χ1n) is 6.44. The lowest BCUT2D eigenvalue weighted by atomic mass is 9.98. The van der Waals surface area contributed by atoms with E-state index < -0.39 is 0 Å². The van der Waals surface area contributed by atoms with Crippen molar-refractivity contribution in [3.63, 3.8) is 0 Å². The zero-order valence-corrected chi connectivity index (χ0v) is 11.0. The molecule has 0 radical (unpaired) electrons. The smallest absolute Gasteiger partial charge is 0.0522 e. The first-order chi connectivity index (χ1) is 9.22. The van der Waals surface area contributed by atoms with Crippen molar-refractivity contribution in [3.05, 3.63) is 66.0 Å². The molecule has 3 rings (SSSR count). The van der Waals surface area contributed by atoms with E-state index in [9.17, 15) is 0 Å². The van der Waals surface area contributed by atoms with Crippen molar-refractivity contribution < 1.29 is 0 Å². The number of nitrogens with zero attached hydrogens (tertiary/aromatic N) is 2. The highest BCUT2D eigenvalue weighted by Gasteiger charge is 2.09. The Bertz CT molecular complexity index is 700. The van der Waals surface area contributed by atoms with E-state index in [0.29, 0.717) is 0 Å².